The third-order valence-electron chi connectivity index (χ3n) is 12.1. The van der Waals surface area contributed by atoms with Gasteiger partial charge in [0.1, 0.15) is 56.8 Å². The topological polar surface area (TPSA) is 333 Å². The molecule has 0 aliphatic heterocycles. The first-order chi connectivity index (χ1) is 46.3. The van der Waals surface area contributed by atoms with Crippen LogP contribution in [0.1, 0.15) is 169 Å². The highest BCUT2D eigenvalue weighted by Gasteiger charge is 2.39. The van der Waals surface area contributed by atoms with E-state index in [-0.39, 0.29) is 29.0 Å². The SMILES string of the molecule is Cc1ccc(N(C(=O)OC(C)(C)C)c2cc(C=O)nc(N(C(=O)OC(C)(C)C)C(=O)OC(C)(C)C)n2)cc1.Cc1ccc(N(C(=O)OC(C)(C)C)c2cc(CO)nc(N(C(=O)OC(C)(C)C)C(=O)OC(C)(C)C)n2)cc1.Cc1ccc(Nc2cc(COCc3ccccc3)nc(N)n2)cc1. The van der Waals surface area contributed by atoms with Crippen molar-refractivity contribution in [1.29, 1.82) is 0 Å². The van der Waals surface area contributed by atoms with Gasteiger partial charge in [0, 0.05) is 23.9 Å². The van der Waals surface area contributed by atoms with Crippen molar-refractivity contribution < 1.29 is 71.8 Å². The van der Waals surface area contributed by atoms with E-state index < -0.39 is 88.7 Å². The molecule has 3 aromatic heterocycles. The van der Waals surface area contributed by atoms with Gasteiger partial charge in [0.05, 0.1) is 42.6 Å². The molecule has 0 bridgehead atoms. The first-order valence-electron chi connectivity index (χ1n) is 31.9. The van der Waals surface area contributed by atoms with Crippen LogP contribution >= 0.6 is 0 Å². The third kappa shape index (κ3) is 27.0. The van der Waals surface area contributed by atoms with Gasteiger partial charge in [-0.2, -0.15) is 15.0 Å². The Kier molecular flexibility index (Phi) is 27.0. The number of carbonyl (C=O) groups is 7. The number of nitrogens with two attached hydrogens (primary N) is 1. The van der Waals surface area contributed by atoms with Crippen LogP contribution in [0, 0.1) is 20.8 Å². The molecule has 0 aliphatic rings. The largest absolute Gasteiger partial charge is 0.443 e. The zero-order valence-electron chi connectivity index (χ0n) is 61.0. The standard InChI is InChI=1S/C27H38N4O7.C27H36N4O7.C19H20N4O/c2*1-17-11-13-19(14-12-17)30(22(33)36-25(2,3)4)20-15-18(16-32)28-21(29-20)31(23(34)37-26(5,6)7)24(35)38-27(8,9)10;1-14-7-9-16(10-8-14)21-18-11-17(22-19(20)23-18)13-24-12-15-5-3-2-4-6-15/h11-15,32H,16H2,1-10H3;11-16H,1-10H3;2-11H,12-13H2,1H3,(H3,20,21,22,23). The highest BCUT2D eigenvalue weighted by atomic mass is 16.6. The van der Waals surface area contributed by atoms with E-state index in [0.29, 0.717) is 46.5 Å². The fourth-order valence-electron chi connectivity index (χ4n) is 8.14. The van der Waals surface area contributed by atoms with Crippen LogP contribution in [-0.4, -0.2) is 111 Å². The summed E-state index contributed by atoms with van der Waals surface area (Å²) in [6, 6.07) is 36.4. The summed E-state index contributed by atoms with van der Waals surface area (Å²) in [6.07, 6.45) is -5.60. The lowest BCUT2D eigenvalue weighted by molar-refractivity contribution is 0.0404. The predicted molar refractivity (Wildman–Crippen MR) is 380 cm³/mol. The first kappa shape index (κ1) is 80.0. The van der Waals surface area contributed by atoms with Crippen molar-refractivity contribution >= 4 is 95.2 Å². The van der Waals surface area contributed by atoms with Gasteiger partial charge in [0.15, 0.2) is 6.29 Å². The van der Waals surface area contributed by atoms with Crippen molar-refractivity contribution in [2.45, 2.75) is 199 Å². The Bertz CT molecular complexity index is 3890. The molecule has 536 valence electrons. The van der Waals surface area contributed by atoms with Crippen molar-refractivity contribution in [3.63, 3.8) is 0 Å². The number of hydrogen-bond acceptors (Lipinski definition) is 23. The molecular weight excluding hydrogens is 1280 g/mol. The molecule has 6 amide bonds. The Hall–Kier alpha value is -10.7. The summed E-state index contributed by atoms with van der Waals surface area (Å²) < 4.78 is 38.5. The number of benzene rings is 4. The van der Waals surface area contributed by atoms with Gasteiger partial charge in [-0.25, -0.2) is 53.5 Å². The third-order valence-corrected chi connectivity index (χ3v) is 12.1. The molecule has 7 aromatic rings. The van der Waals surface area contributed by atoms with Gasteiger partial charge < -0.3 is 49.3 Å². The van der Waals surface area contributed by atoms with E-state index in [2.05, 4.69) is 42.1 Å². The molecule has 27 nitrogen and oxygen atoms in total. The van der Waals surface area contributed by atoms with E-state index in [4.69, 9.17) is 38.9 Å². The molecule has 0 spiro atoms. The minimum Gasteiger partial charge on any atom is -0.443 e. The minimum absolute atomic E-state index is 0.0304. The summed E-state index contributed by atoms with van der Waals surface area (Å²) in [7, 11) is 0. The number of carbonyl (C=O) groups excluding carboxylic acids is 7. The maximum Gasteiger partial charge on any atom is 0.427 e. The minimum atomic E-state index is -1.13. The van der Waals surface area contributed by atoms with Crippen LogP contribution in [0.15, 0.2) is 121 Å². The van der Waals surface area contributed by atoms with E-state index >= 15 is 0 Å². The highest BCUT2D eigenvalue weighted by Crippen LogP contribution is 2.33. The van der Waals surface area contributed by atoms with Crippen LogP contribution in [0.2, 0.25) is 0 Å². The summed E-state index contributed by atoms with van der Waals surface area (Å²) in [6.45, 7) is 36.0. The van der Waals surface area contributed by atoms with Gasteiger partial charge >= 0.3 is 36.6 Å². The average molecular weight is 1380 g/mol. The predicted octanol–water partition coefficient (Wildman–Crippen LogP) is 16.2. The van der Waals surface area contributed by atoms with Gasteiger partial charge in [0.25, 0.3) is 0 Å². The number of aliphatic hydroxyl groups excluding tert-OH is 1. The van der Waals surface area contributed by atoms with Crippen molar-refractivity contribution in [2.24, 2.45) is 0 Å². The second-order valence-electron chi connectivity index (χ2n) is 28.7. The fourth-order valence-corrected chi connectivity index (χ4v) is 8.14. The van der Waals surface area contributed by atoms with Gasteiger partial charge in [-0.3, -0.25) is 4.79 Å². The van der Waals surface area contributed by atoms with Gasteiger partial charge in [-0.15, -0.1) is 9.80 Å². The molecule has 4 N–H and O–H groups in total. The quantitative estimate of drug-likeness (QED) is 0.0672. The number of imide groups is 2. The molecule has 27 heteroatoms. The molecule has 0 radical (unpaired) electrons. The number of aliphatic hydroxyl groups is 1. The Morgan fingerprint density at radius 2 is 0.810 bits per heavy atom. The van der Waals surface area contributed by atoms with Crippen LogP contribution in [-0.2, 0) is 53.0 Å². The van der Waals surface area contributed by atoms with Crippen LogP contribution in [0.5, 0.6) is 0 Å². The number of aromatic nitrogens is 6. The van der Waals surface area contributed by atoms with Crippen LogP contribution in [0.4, 0.5) is 81.1 Å². The number of nitrogens with one attached hydrogen (secondary N) is 1. The fraction of sp³-hybridized carbons (Fsp3) is 0.411. The number of anilines is 9. The second-order valence-corrected chi connectivity index (χ2v) is 28.7. The molecule has 4 aromatic carbocycles. The molecule has 0 aliphatic carbocycles. The molecule has 0 fully saturated rings. The number of aldehydes is 1. The molecule has 100 heavy (non-hydrogen) atoms. The van der Waals surface area contributed by atoms with E-state index in [0.717, 1.165) is 37.9 Å². The monoisotopic (exact) mass is 1380 g/mol. The van der Waals surface area contributed by atoms with E-state index in [9.17, 15) is 38.7 Å². The number of aryl methyl sites for hydroxylation is 3. The summed E-state index contributed by atoms with van der Waals surface area (Å²) in [4.78, 5) is 120. The molecule has 7 rings (SSSR count). The van der Waals surface area contributed by atoms with Gasteiger partial charge in [-0.05, 0) is 187 Å². The first-order valence-corrected chi connectivity index (χ1v) is 31.9. The Labute approximate surface area is 584 Å². The number of rotatable bonds is 14. The normalized spacial score (nSPS) is 11.6. The van der Waals surface area contributed by atoms with E-state index in [1.54, 1.807) is 173 Å². The summed E-state index contributed by atoms with van der Waals surface area (Å²) in [5, 5.41) is 13.2. The van der Waals surface area contributed by atoms with Crippen molar-refractivity contribution in [3.05, 3.63) is 161 Å². The zero-order valence-corrected chi connectivity index (χ0v) is 61.0. The number of nitrogen functional groups attached to an aromatic ring is 1. The van der Waals surface area contributed by atoms with Crippen molar-refractivity contribution in [3.8, 4) is 0 Å². The van der Waals surface area contributed by atoms with Gasteiger partial charge in [-0.1, -0.05) is 83.4 Å². The Balaban J connectivity index is 0.000000277. The second kappa shape index (κ2) is 33.7. The molecule has 0 saturated carbocycles. The number of nitrogens with zero attached hydrogens (tertiary/aromatic N) is 10. The zero-order chi connectivity index (χ0) is 74.9. The lowest BCUT2D eigenvalue weighted by Gasteiger charge is -2.29. The smallest absolute Gasteiger partial charge is 0.427 e. The van der Waals surface area contributed by atoms with Crippen LogP contribution in [0.25, 0.3) is 0 Å². The average Bonchev–Trinajstić information content (AvgIpc) is 0.792. The Morgan fingerprint density at radius 1 is 0.440 bits per heavy atom. The molecule has 0 unspecified atom stereocenters. The Morgan fingerprint density at radius 3 is 1.19 bits per heavy atom. The molecule has 0 atom stereocenters. The van der Waals surface area contributed by atoms with Gasteiger partial charge in [0.2, 0.25) is 17.8 Å². The number of ether oxygens (including phenoxy) is 7. The van der Waals surface area contributed by atoms with E-state index in [1.165, 1.54) is 17.7 Å². The van der Waals surface area contributed by atoms with E-state index in [1.807, 2.05) is 74.5 Å². The highest BCUT2D eigenvalue weighted by molar-refractivity contribution is 6.09. The summed E-state index contributed by atoms with van der Waals surface area (Å²) in [5.74, 6) is -0.249. The van der Waals surface area contributed by atoms with Crippen molar-refractivity contribution in [1.82, 2.24) is 29.9 Å². The number of hydrogen-bond donors (Lipinski definition) is 3. The van der Waals surface area contributed by atoms with Crippen LogP contribution < -0.4 is 30.7 Å². The molecule has 0 saturated heterocycles. The lowest BCUT2D eigenvalue weighted by Crippen LogP contribution is -2.45. The summed E-state index contributed by atoms with van der Waals surface area (Å²) in [5.41, 5.74) is 6.75. The number of amides is 6. The molecular formula is C73H94N12O15. The van der Waals surface area contributed by atoms with Crippen molar-refractivity contribution in [2.75, 3.05) is 30.7 Å². The molecule has 3 heterocycles. The maximum atomic E-state index is 13.4. The maximum absolute atomic E-state index is 13.4. The lowest BCUT2D eigenvalue weighted by atomic mass is 10.2. The van der Waals surface area contributed by atoms with Crippen LogP contribution in [0.3, 0.4) is 0 Å². The summed E-state index contributed by atoms with van der Waals surface area (Å²) >= 11 is 0.